The average molecular weight is 367 g/mol. The molecule has 1 saturated carbocycles. The quantitative estimate of drug-likeness (QED) is 0.750. The van der Waals surface area contributed by atoms with Crippen LogP contribution in [0.5, 0.6) is 0 Å². The van der Waals surface area contributed by atoms with Crippen LogP contribution in [0.1, 0.15) is 58.8 Å². The van der Waals surface area contributed by atoms with Crippen LogP contribution in [0.3, 0.4) is 0 Å². The SMILES string of the molecule is COCCC1CN(C2CCC3(CC2)CCN(C(=O)C(C)C)CC3)CCO1. The fraction of sp³-hybridized carbons (Fsp3) is 0.952. The lowest BCUT2D eigenvalue weighted by Crippen LogP contribution is -2.51. The Labute approximate surface area is 159 Å². The van der Waals surface area contributed by atoms with Crippen molar-refractivity contribution in [2.24, 2.45) is 11.3 Å². The predicted molar refractivity (Wildman–Crippen MR) is 103 cm³/mol. The Kier molecular flexibility index (Phi) is 6.98. The molecule has 3 rings (SSSR count). The maximum absolute atomic E-state index is 12.2. The van der Waals surface area contributed by atoms with E-state index in [1.165, 1.54) is 38.5 Å². The summed E-state index contributed by atoms with van der Waals surface area (Å²) in [4.78, 5) is 17.0. The summed E-state index contributed by atoms with van der Waals surface area (Å²) in [5.41, 5.74) is 0.506. The second-order valence-electron chi connectivity index (χ2n) is 8.98. The number of likely N-dealkylation sites (tertiary alicyclic amines) is 1. The van der Waals surface area contributed by atoms with Crippen LogP contribution in [0, 0.1) is 11.3 Å². The van der Waals surface area contributed by atoms with Gasteiger partial charge in [0.05, 0.1) is 12.7 Å². The molecule has 0 radical (unpaired) electrons. The van der Waals surface area contributed by atoms with E-state index >= 15 is 0 Å². The number of piperidine rings is 1. The first-order chi connectivity index (χ1) is 12.5. The molecule has 0 N–H and O–H groups in total. The van der Waals surface area contributed by atoms with Crippen molar-refractivity contribution in [1.82, 2.24) is 9.80 Å². The van der Waals surface area contributed by atoms with E-state index in [1.54, 1.807) is 7.11 Å². The van der Waals surface area contributed by atoms with Gasteiger partial charge in [0.1, 0.15) is 0 Å². The number of morpholine rings is 1. The molecule has 5 heteroatoms. The highest BCUT2D eigenvalue weighted by atomic mass is 16.5. The van der Waals surface area contributed by atoms with E-state index in [4.69, 9.17) is 9.47 Å². The molecule has 1 atom stereocenters. The van der Waals surface area contributed by atoms with Gasteiger partial charge in [-0.1, -0.05) is 13.8 Å². The molecule has 3 fully saturated rings. The van der Waals surface area contributed by atoms with Crippen molar-refractivity contribution in [2.45, 2.75) is 70.9 Å². The third-order valence-electron chi connectivity index (χ3n) is 6.98. The van der Waals surface area contributed by atoms with Gasteiger partial charge in [0, 0.05) is 51.9 Å². The van der Waals surface area contributed by atoms with E-state index in [0.29, 0.717) is 17.4 Å². The second-order valence-corrected chi connectivity index (χ2v) is 8.98. The molecule has 1 spiro atoms. The van der Waals surface area contributed by atoms with Crippen LogP contribution in [-0.2, 0) is 14.3 Å². The van der Waals surface area contributed by atoms with E-state index in [0.717, 1.165) is 51.9 Å². The normalized spacial score (nSPS) is 28.0. The van der Waals surface area contributed by atoms with Crippen LogP contribution in [0.4, 0.5) is 0 Å². The van der Waals surface area contributed by atoms with E-state index in [9.17, 15) is 4.79 Å². The minimum Gasteiger partial charge on any atom is -0.385 e. The van der Waals surface area contributed by atoms with E-state index < -0.39 is 0 Å². The van der Waals surface area contributed by atoms with E-state index in [-0.39, 0.29) is 5.92 Å². The first-order valence-electron chi connectivity index (χ1n) is 10.7. The summed E-state index contributed by atoms with van der Waals surface area (Å²) in [5.74, 6) is 0.469. The number of carbonyl (C=O) groups is 1. The third-order valence-corrected chi connectivity index (χ3v) is 6.98. The highest BCUT2D eigenvalue weighted by molar-refractivity contribution is 5.78. The molecule has 2 aliphatic heterocycles. The lowest BCUT2D eigenvalue weighted by atomic mass is 9.66. The van der Waals surface area contributed by atoms with Gasteiger partial charge in [-0.05, 0) is 50.4 Å². The summed E-state index contributed by atoms with van der Waals surface area (Å²) in [6.45, 7) is 9.77. The molecular weight excluding hydrogens is 328 g/mol. The summed E-state index contributed by atoms with van der Waals surface area (Å²) in [6, 6.07) is 0.727. The van der Waals surface area contributed by atoms with Crippen molar-refractivity contribution in [3.63, 3.8) is 0 Å². The summed E-state index contributed by atoms with van der Waals surface area (Å²) in [6.07, 6.45) is 9.05. The van der Waals surface area contributed by atoms with E-state index in [2.05, 4.69) is 9.80 Å². The van der Waals surface area contributed by atoms with Crippen LogP contribution in [0.25, 0.3) is 0 Å². The molecule has 0 aromatic carbocycles. The van der Waals surface area contributed by atoms with Crippen LogP contribution >= 0.6 is 0 Å². The average Bonchev–Trinajstić information content (AvgIpc) is 2.67. The molecule has 150 valence electrons. The number of nitrogens with zero attached hydrogens (tertiary/aromatic N) is 2. The zero-order chi connectivity index (χ0) is 18.6. The van der Waals surface area contributed by atoms with Crippen LogP contribution in [0.15, 0.2) is 0 Å². The number of ether oxygens (including phenoxy) is 2. The van der Waals surface area contributed by atoms with Crippen molar-refractivity contribution in [1.29, 1.82) is 0 Å². The Bertz CT molecular complexity index is 450. The molecule has 26 heavy (non-hydrogen) atoms. The van der Waals surface area contributed by atoms with Gasteiger partial charge in [0.25, 0.3) is 0 Å². The van der Waals surface area contributed by atoms with Gasteiger partial charge >= 0.3 is 0 Å². The summed E-state index contributed by atoms with van der Waals surface area (Å²) in [5, 5.41) is 0. The maximum Gasteiger partial charge on any atom is 0.225 e. The first-order valence-corrected chi connectivity index (χ1v) is 10.7. The van der Waals surface area contributed by atoms with Gasteiger partial charge in [0.15, 0.2) is 0 Å². The molecule has 1 amide bonds. The lowest BCUT2D eigenvalue weighted by molar-refractivity contribution is -0.137. The zero-order valence-corrected chi connectivity index (χ0v) is 17.0. The number of hydrogen-bond donors (Lipinski definition) is 0. The molecular formula is C21H38N2O3. The van der Waals surface area contributed by atoms with Crippen molar-refractivity contribution < 1.29 is 14.3 Å². The van der Waals surface area contributed by atoms with E-state index in [1.807, 2.05) is 13.8 Å². The highest BCUT2D eigenvalue weighted by Crippen LogP contribution is 2.45. The first kappa shape index (κ1) is 20.1. The van der Waals surface area contributed by atoms with Crippen LogP contribution < -0.4 is 0 Å². The highest BCUT2D eigenvalue weighted by Gasteiger charge is 2.40. The molecule has 0 bridgehead atoms. The summed E-state index contributed by atoms with van der Waals surface area (Å²) < 4.78 is 11.1. The molecule has 2 saturated heterocycles. The number of hydrogen-bond acceptors (Lipinski definition) is 4. The molecule has 0 aromatic rings. The smallest absolute Gasteiger partial charge is 0.225 e. The monoisotopic (exact) mass is 366 g/mol. The predicted octanol–water partition coefficient (Wildman–Crippen LogP) is 2.93. The van der Waals surface area contributed by atoms with Crippen molar-refractivity contribution in [3.8, 4) is 0 Å². The van der Waals surface area contributed by atoms with Crippen LogP contribution in [0.2, 0.25) is 0 Å². The van der Waals surface area contributed by atoms with Crippen molar-refractivity contribution >= 4 is 5.91 Å². The number of rotatable bonds is 5. The molecule has 3 aliphatic rings. The fourth-order valence-corrected chi connectivity index (χ4v) is 5.14. The Hall–Kier alpha value is -0.650. The van der Waals surface area contributed by atoms with Gasteiger partial charge in [-0.2, -0.15) is 0 Å². The number of carbonyl (C=O) groups excluding carboxylic acids is 1. The standard InChI is InChI=1S/C21H38N2O3/c1-17(2)20(24)22-11-9-21(10-12-22)7-4-18(5-8-21)23-13-15-26-19(16-23)6-14-25-3/h17-19H,4-16H2,1-3H3. The summed E-state index contributed by atoms with van der Waals surface area (Å²) >= 11 is 0. The third kappa shape index (κ3) is 4.79. The Balaban J connectivity index is 1.45. The Morgan fingerprint density at radius 2 is 1.85 bits per heavy atom. The topological polar surface area (TPSA) is 42.0 Å². The van der Waals surface area contributed by atoms with Crippen molar-refractivity contribution in [3.05, 3.63) is 0 Å². The Morgan fingerprint density at radius 1 is 1.15 bits per heavy atom. The molecule has 2 heterocycles. The minimum atomic E-state index is 0.132. The summed E-state index contributed by atoms with van der Waals surface area (Å²) in [7, 11) is 1.77. The molecule has 1 aliphatic carbocycles. The minimum absolute atomic E-state index is 0.132. The maximum atomic E-state index is 12.2. The fourth-order valence-electron chi connectivity index (χ4n) is 5.14. The van der Waals surface area contributed by atoms with Gasteiger partial charge in [-0.3, -0.25) is 9.69 Å². The molecule has 5 nitrogen and oxygen atoms in total. The van der Waals surface area contributed by atoms with Gasteiger partial charge in [0.2, 0.25) is 5.91 Å². The van der Waals surface area contributed by atoms with Crippen LogP contribution in [-0.4, -0.2) is 74.4 Å². The van der Waals surface area contributed by atoms with Crippen molar-refractivity contribution in [2.75, 3.05) is 46.5 Å². The molecule has 0 aromatic heterocycles. The number of methoxy groups -OCH3 is 1. The van der Waals surface area contributed by atoms with Gasteiger partial charge in [-0.15, -0.1) is 0 Å². The zero-order valence-electron chi connectivity index (χ0n) is 17.0. The molecule has 1 unspecified atom stereocenters. The number of amides is 1. The Morgan fingerprint density at radius 3 is 2.46 bits per heavy atom. The largest absolute Gasteiger partial charge is 0.385 e. The van der Waals surface area contributed by atoms with Gasteiger partial charge < -0.3 is 14.4 Å². The van der Waals surface area contributed by atoms with Gasteiger partial charge in [-0.25, -0.2) is 0 Å². The second kappa shape index (κ2) is 9.03. The lowest BCUT2D eigenvalue weighted by Gasteiger charge is -2.49.